The largest absolute Gasteiger partial charge is 0.384 e. The van der Waals surface area contributed by atoms with Crippen LogP contribution < -0.4 is 5.73 Å². The van der Waals surface area contributed by atoms with E-state index in [1.54, 1.807) is 17.8 Å². The Morgan fingerprint density at radius 3 is 2.79 bits per heavy atom. The van der Waals surface area contributed by atoms with Gasteiger partial charge in [0.15, 0.2) is 5.16 Å². The molecule has 0 atom stereocenters. The van der Waals surface area contributed by atoms with E-state index in [0.29, 0.717) is 5.82 Å². The Labute approximate surface area is 93.3 Å². The van der Waals surface area contributed by atoms with E-state index in [1.165, 1.54) is 0 Å². The highest BCUT2D eigenvalue weighted by atomic mass is 32.2. The zero-order valence-electron chi connectivity index (χ0n) is 8.49. The van der Waals surface area contributed by atoms with Crippen LogP contribution in [0.25, 0.3) is 0 Å². The standard InChI is InChI=1S/C9H15N3S2/c1-3-13-4-5-14-9-11-7(2)6-8(10)12-9/h6H,3-5H2,1-2H3,(H2,10,11,12). The monoisotopic (exact) mass is 229 g/mol. The second-order valence-electron chi connectivity index (χ2n) is 2.76. The summed E-state index contributed by atoms with van der Waals surface area (Å²) in [7, 11) is 0. The van der Waals surface area contributed by atoms with Gasteiger partial charge in [-0.25, -0.2) is 9.97 Å². The molecule has 3 nitrogen and oxygen atoms in total. The molecule has 0 aliphatic carbocycles. The highest BCUT2D eigenvalue weighted by molar-refractivity contribution is 8.02. The molecule has 1 aromatic rings. The summed E-state index contributed by atoms with van der Waals surface area (Å²) in [4.78, 5) is 8.45. The van der Waals surface area contributed by atoms with Gasteiger partial charge >= 0.3 is 0 Å². The molecule has 0 aliphatic heterocycles. The van der Waals surface area contributed by atoms with Crippen LogP contribution in [0.3, 0.4) is 0 Å². The van der Waals surface area contributed by atoms with Crippen molar-refractivity contribution in [3.8, 4) is 0 Å². The smallest absolute Gasteiger partial charge is 0.189 e. The molecule has 0 bridgehead atoms. The zero-order valence-corrected chi connectivity index (χ0v) is 10.1. The van der Waals surface area contributed by atoms with E-state index < -0.39 is 0 Å². The molecule has 0 saturated heterocycles. The van der Waals surface area contributed by atoms with Crippen LogP contribution in [0, 0.1) is 6.92 Å². The first-order chi connectivity index (χ1) is 6.72. The van der Waals surface area contributed by atoms with Crippen molar-refractivity contribution in [3.63, 3.8) is 0 Å². The van der Waals surface area contributed by atoms with Crippen molar-refractivity contribution in [3.05, 3.63) is 11.8 Å². The van der Waals surface area contributed by atoms with Crippen LogP contribution in [0.15, 0.2) is 11.2 Å². The lowest BCUT2D eigenvalue weighted by Crippen LogP contribution is -1.97. The molecular formula is C9H15N3S2. The summed E-state index contributed by atoms with van der Waals surface area (Å²) >= 11 is 3.59. The molecule has 0 unspecified atom stereocenters. The van der Waals surface area contributed by atoms with Crippen molar-refractivity contribution >= 4 is 29.3 Å². The van der Waals surface area contributed by atoms with Gasteiger partial charge in [0.25, 0.3) is 0 Å². The third kappa shape index (κ3) is 4.19. The third-order valence-electron chi connectivity index (χ3n) is 1.52. The summed E-state index contributed by atoms with van der Waals surface area (Å²) in [5.41, 5.74) is 6.55. The number of aryl methyl sites for hydroxylation is 1. The molecule has 2 N–H and O–H groups in total. The van der Waals surface area contributed by atoms with Crippen LogP contribution in [-0.4, -0.2) is 27.2 Å². The molecule has 0 spiro atoms. The maximum Gasteiger partial charge on any atom is 0.189 e. The number of rotatable bonds is 5. The van der Waals surface area contributed by atoms with E-state index >= 15 is 0 Å². The number of anilines is 1. The average Bonchev–Trinajstić information content (AvgIpc) is 2.11. The summed E-state index contributed by atoms with van der Waals surface area (Å²) in [6.07, 6.45) is 0. The molecule has 1 rings (SSSR count). The van der Waals surface area contributed by atoms with Crippen molar-refractivity contribution in [2.45, 2.75) is 19.0 Å². The molecule has 78 valence electrons. The van der Waals surface area contributed by atoms with Gasteiger partial charge in [0.1, 0.15) is 5.82 Å². The fourth-order valence-corrected chi connectivity index (χ4v) is 2.62. The van der Waals surface area contributed by atoms with Gasteiger partial charge in [0, 0.05) is 23.3 Å². The van der Waals surface area contributed by atoms with E-state index in [0.717, 1.165) is 28.1 Å². The average molecular weight is 229 g/mol. The van der Waals surface area contributed by atoms with Crippen molar-refractivity contribution in [2.75, 3.05) is 23.0 Å². The van der Waals surface area contributed by atoms with Gasteiger partial charge in [-0.2, -0.15) is 11.8 Å². The zero-order chi connectivity index (χ0) is 10.4. The summed E-state index contributed by atoms with van der Waals surface area (Å²) in [5, 5.41) is 0.791. The van der Waals surface area contributed by atoms with Gasteiger partial charge in [-0.1, -0.05) is 18.7 Å². The van der Waals surface area contributed by atoms with Gasteiger partial charge in [-0.3, -0.25) is 0 Å². The number of thioether (sulfide) groups is 2. The lowest BCUT2D eigenvalue weighted by molar-refractivity contribution is 0.941. The van der Waals surface area contributed by atoms with Crippen LogP contribution in [-0.2, 0) is 0 Å². The van der Waals surface area contributed by atoms with Gasteiger partial charge in [-0.15, -0.1) is 0 Å². The molecule has 1 aromatic heterocycles. The Bertz CT molecular complexity index is 271. The first-order valence-corrected chi connectivity index (χ1v) is 6.68. The molecule has 5 heteroatoms. The minimum atomic E-state index is 0.558. The van der Waals surface area contributed by atoms with E-state index in [1.807, 2.05) is 18.7 Å². The van der Waals surface area contributed by atoms with Crippen LogP contribution in [0.5, 0.6) is 0 Å². The Kier molecular flexibility index (Phi) is 5.11. The van der Waals surface area contributed by atoms with Crippen molar-refractivity contribution in [1.29, 1.82) is 0 Å². The summed E-state index contributed by atoms with van der Waals surface area (Å²) < 4.78 is 0. The number of nitrogen functional groups attached to an aromatic ring is 1. The maximum atomic E-state index is 5.62. The van der Waals surface area contributed by atoms with Crippen molar-refractivity contribution < 1.29 is 0 Å². The second kappa shape index (κ2) is 6.14. The van der Waals surface area contributed by atoms with Crippen LogP contribution >= 0.6 is 23.5 Å². The molecule has 0 radical (unpaired) electrons. The maximum absolute atomic E-state index is 5.62. The quantitative estimate of drug-likeness (QED) is 0.476. The van der Waals surface area contributed by atoms with Crippen LogP contribution in [0.4, 0.5) is 5.82 Å². The molecule has 1 heterocycles. The van der Waals surface area contributed by atoms with Crippen LogP contribution in [0.1, 0.15) is 12.6 Å². The van der Waals surface area contributed by atoms with Crippen molar-refractivity contribution in [2.24, 2.45) is 0 Å². The van der Waals surface area contributed by atoms with Crippen LogP contribution in [0.2, 0.25) is 0 Å². The van der Waals surface area contributed by atoms with Crippen molar-refractivity contribution in [1.82, 2.24) is 9.97 Å². The summed E-state index contributed by atoms with van der Waals surface area (Å²) in [6.45, 7) is 4.10. The molecule has 0 aromatic carbocycles. The van der Waals surface area contributed by atoms with Gasteiger partial charge in [0.05, 0.1) is 0 Å². The molecule has 0 amide bonds. The number of aromatic nitrogens is 2. The molecule has 0 fully saturated rings. The predicted molar refractivity (Wildman–Crippen MR) is 64.9 cm³/mol. The summed E-state index contributed by atoms with van der Waals surface area (Å²) in [5.74, 6) is 3.90. The SMILES string of the molecule is CCSCCSc1nc(C)cc(N)n1. The van der Waals surface area contributed by atoms with Gasteiger partial charge in [0.2, 0.25) is 0 Å². The third-order valence-corrected chi connectivity index (χ3v) is 3.52. The topological polar surface area (TPSA) is 51.8 Å². The predicted octanol–water partition coefficient (Wildman–Crippen LogP) is 2.21. The minimum absolute atomic E-state index is 0.558. The fraction of sp³-hybridized carbons (Fsp3) is 0.556. The first-order valence-electron chi connectivity index (χ1n) is 4.54. The lowest BCUT2D eigenvalue weighted by atomic mass is 10.4. The molecule has 0 saturated carbocycles. The second-order valence-corrected chi connectivity index (χ2v) is 5.22. The Hall–Kier alpha value is -0.420. The molecular weight excluding hydrogens is 214 g/mol. The highest BCUT2D eigenvalue weighted by Gasteiger charge is 2.00. The fourth-order valence-electron chi connectivity index (χ4n) is 0.966. The van der Waals surface area contributed by atoms with E-state index in [-0.39, 0.29) is 0 Å². The number of hydrogen-bond donors (Lipinski definition) is 1. The van der Waals surface area contributed by atoms with E-state index in [9.17, 15) is 0 Å². The normalized spacial score (nSPS) is 10.4. The van der Waals surface area contributed by atoms with E-state index in [2.05, 4.69) is 16.9 Å². The lowest BCUT2D eigenvalue weighted by Gasteiger charge is -2.01. The Balaban J connectivity index is 2.42. The minimum Gasteiger partial charge on any atom is -0.384 e. The van der Waals surface area contributed by atoms with Gasteiger partial charge < -0.3 is 5.73 Å². The highest BCUT2D eigenvalue weighted by Crippen LogP contribution is 2.16. The number of nitrogens with two attached hydrogens (primary N) is 1. The summed E-state index contributed by atoms with van der Waals surface area (Å²) in [6, 6.07) is 1.78. The number of hydrogen-bond acceptors (Lipinski definition) is 5. The number of nitrogens with zero attached hydrogens (tertiary/aromatic N) is 2. The first kappa shape index (κ1) is 11.7. The van der Waals surface area contributed by atoms with E-state index in [4.69, 9.17) is 5.73 Å². The Morgan fingerprint density at radius 1 is 1.36 bits per heavy atom. The van der Waals surface area contributed by atoms with Gasteiger partial charge in [-0.05, 0) is 12.7 Å². The molecule has 0 aliphatic rings. The molecule has 14 heavy (non-hydrogen) atoms. The Morgan fingerprint density at radius 2 is 2.14 bits per heavy atom.